The summed E-state index contributed by atoms with van der Waals surface area (Å²) in [5.74, 6) is -3.01. The average molecular weight is 329 g/mol. The highest BCUT2D eigenvalue weighted by atomic mass is 16.6. The molecule has 0 spiro atoms. The number of aliphatic hydroxyl groups is 1. The zero-order valence-corrected chi connectivity index (χ0v) is 13.0. The molecule has 2 aromatic carbocycles. The molecule has 0 fully saturated rings. The van der Waals surface area contributed by atoms with E-state index in [1.165, 1.54) is 0 Å². The fourth-order valence-corrected chi connectivity index (χ4v) is 2.25. The molecule has 0 amide bonds. The predicted octanol–water partition coefficient (Wildman–Crippen LogP) is 1.12. The van der Waals surface area contributed by atoms with Crippen molar-refractivity contribution < 1.29 is 24.5 Å². The van der Waals surface area contributed by atoms with Crippen LogP contribution in [0.25, 0.3) is 0 Å². The van der Waals surface area contributed by atoms with Gasteiger partial charge in [0.15, 0.2) is 0 Å². The van der Waals surface area contributed by atoms with Gasteiger partial charge in [-0.25, -0.2) is 9.59 Å². The Balaban J connectivity index is 2.10. The summed E-state index contributed by atoms with van der Waals surface area (Å²) in [4.78, 5) is 23.7. The molecule has 2 aromatic rings. The van der Waals surface area contributed by atoms with Crippen molar-refractivity contribution in [1.82, 2.24) is 0 Å². The first-order chi connectivity index (χ1) is 11.4. The van der Waals surface area contributed by atoms with Crippen LogP contribution in [-0.4, -0.2) is 33.8 Å². The van der Waals surface area contributed by atoms with Gasteiger partial charge in [0, 0.05) is 0 Å². The van der Waals surface area contributed by atoms with Gasteiger partial charge in [0.25, 0.3) is 5.60 Å². The molecule has 0 saturated heterocycles. The molecule has 0 radical (unpaired) electrons. The molecule has 0 unspecified atom stereocenters. The van der Waals surface area contributed by atoms with E-state index < -0.39 is 23.6 Å². The predicted molar refractivity (Wildman–Crippen MR) is 86.9 cm³/mol. The average Bonchev–Trinajstić information content (AvgIpc) is 2.60. The van der Waals surface area contributed by atoms with Crippen molar-refractivity contribution in [2.45, 2.75) is 24.7 Å². The van der Waals surface area contributed by atoms with Gasteiger partial charge in [0.05, 0.1) is 6.04 Å². The number of carboxylic acid groups (broad SMARTS) is 1. The Morgan fingerprint density at radius 1 is 1.00 bits per heavy atom. The van der Waals surface area contributed by atoms with Crippen molar-refractivity contribution >= 4 is 11.9 Å². The van der Waals surface area contributed by atoms with Crippen molar-refractivity contribution in [2.75, 3.05) is 0 Å². The van der Waals surface area contributed by atoms with Gasteiger partial charge in [0.1, 0.15) is 6.61 Å². The second-order valence-electron chi connectivity index (χ2n) is 5.43. The number of rotatable bonds is 7. The smallest absolute Gasteiger partial charge is 0.352 e. The highest BCUT2D eigenvalue weighted by Gasteiger charge is 2.51. The van der Waals surface area contributed by atoms with Gasteiger partial charge >= 0.3 is 11.9 Å². The van der Waals surface area contributed by atoms with E-state index in [9.17, 15) is 19.8 Å². The lowest BCUT2D eigenvalue weighted by atomic mass is 9.89. The monoisotopic (exact) mass is 329 g/mol. The fraction of sp³-hybridized carbons (Fsp3) is 0.222. The normalized spacial score (nSPS) is 14.4. The summed E-state index contributed by atoms with van der Waals surface area (Å²) in [6.07, 6.45) is 0.0179. The topological polar surface area (TPSA) is 110 Å². The van der Waals surface area contributed by atoms with E-state index in [0.29, 0.717) is 11.1 Å². The Kier molecular flexibility index (Phi) is 5.68. The van der Waals surface area contributed by atoms with Crippen LogP contribution in [0, 0.1) is 0 Å². The Hall–Kier alpha value is -2.70. The van der Waals surface area contributed by atoms with Crippen LogP contribution in [0.4, 0.5) is 0 Å². The molecule has 24 heavy (non-hydrogen) atoms. The molecule has 6 nitrogen and oxygen atoms in total. The number of esters is 1. The summed E-state index contributed by atoms with van der Waals surface area (Å²) >= 11 is 0. The van der Waals surface area contributed by atoms with Gasteiger partial charge in [-0.2, -0.15) is 0 Å². The highest BCUT2D eigenvalue weighted by Crippen LogP contribution is 2.18. The van der Waals surface area contributed by atoms with Gasteiger partial charge in [-0.3, -0.25) is 0 Å². The third kappa shape index (κ3) is 3.98. The summed E-state index contributed by atoms with van der Waals surface area (Å²) in [5, 5.41) is 19.7. The summed E-state index contributed by atoms with van der Waals surface area (Å²) in [6, 6.07) is 16.2. The Morgan fingerprint density at radius 3 is 2.00 bits per heavy atom. The lowest BCUT2D eigenvalue weighted by Gasteiger charge is -2.27. The van der Waals surface area contributed by atoms with Crippen molar-refractivity contribution in [3.05, 3.63) is 71.8 Å². The summed E-state index contributed by atoms with van der Waals surface area (Å²) in [6.45, 7) is -0.146. The van der Waals surface area contributed by atoms with Crippen LogP contribution in [0.3, 0.4) is 0 Å². The van der Waals surface area contributed by atoms with Crippen LogP contribution < -0.4 is 5.73 Å². The zero-order valence-electron chi connectivity index (χ0n) is 13.0. The van der Waals surface area contributed by atoms with Crippen molar-refractivity contribution in [2.24, 2.45) is 5.73 Å². The molecule has 0 aliphatic heterocycles. The minimum Gasteiger partial charge on any atom is -0.479 e. The molecule has 126 valence electrons. The van der Waals surface area contributed by atoms with Crippen molar-refractivity contribution in [3.63, 3.8) is 0 Å². The molecule has 2 rings (SSSR count). The fourth-order valence-electron chi connectivity index (χ4n) is 2.25. The summed E-state index contributed by atoms with van der Waals surface area (Å²) in [5.41, 5.74) is 4.39. The molecule has 0 bridgehead atoms. The number of carboxylic acids is 1. The van der Waals surface area contributed by atoms with Crippen LogP contribution in [0.5, 0.6) is 0 Å². The first kappa shape index (κ1) is 17.7. The minimum absolute atomic E-state index is 0.0179. The largest absolute Gasteiger partial charge is 0.479 e. The maximum Gasteiger partial charge on any atom is 0.352 e. The first-order valence-corrected chi connectivity index (χ1v) is 7.41. The standard InChI is InChI=1S/C18H19NO5/c19-15(11-13-7-3-1-4-8-13)18(23,16(20)21)17(22)24-12-14-9-5-2-6-10-14/h1-10,15,23H,11-12,19H2,(H,20,21)/t15-,18+/m1/s1. The number of hydrogen-bond acceptors (Lipinski definition) is 5. The van der Waals surface area contributed by atoms with Crippen molar-refractivity contribution in [1.29, 1.82) is 0 Å². The number of carbonyl (C=O) groups is 2. The Labute approximate surface area is 139 Å². The van der Waals surface area contributed by atoms with Crippen LogP contribution in [0.2, 0.25) is 0 Å². The van der Waals surface area contributed by atoms with Gasteiger partial charge in [-0.05, 0) is 17.5 Å². The summed E-state index contributed by atoms with van der Waals surface area (Å²) in [7, 11) is 0. The zero-order chi connectivity index (χ0) is 17.6. The van der Waals surface area contributed by atoms with E-state index >= 15 is 0 Å². The van der Waals surface area contributed by atoms with Crippen LogP contribution in [0.1, 0.15) is 11.1 Å². The molecule has 0 aliphatic carbocycles. The number of nitrogens with two attached hydrogens (primary N) is 1. The van der Waals surface area contributed by atoms with E-state index in [-0.39, 0.29) is 13.0 Å². The SMILES string of the molecule is N[C@H](Cc1ccccc1)[C@](O)(C(=O)O)C(=O)OCc1ccccc1. The lowest BCUT2D eigenvalue weighted by Crippen LogP contribution is -2.61. The molecule has 0 heterocycles. The molecule has 0 aliphatic rings. The molecule has 0 aromatic heterocycles. The third-order valence-corrected chi connectivity index (χ3v) is 3.69. The quantitative estimate of drug-likeness (QED) is 0.518. The maximum atomic E-state index is 12.2. The number of hydrogen-bond donors (Lipinski definition) is 3. The number of benzene rings is 2. The van der Waals surface area contributed by atoms with E-state index in [1.807, 2.05) is 0 Å². The van der Waals surface area contributed by atoms with E-state index in [2.05, 4.69) is 0 Å². The van der Waals surface area contributed by atoms with Gasteiger partial charge in [-0.15, -0.1) is 0 Å². The lowest BCUT2D eigenvalue weighted by molar-refractivity contribution is -0.183. The molecular formula is C18H19NO5. The van der Waals surface area contributed by atoms with E-state index in [0.717, 1.165) is 0 Å². The van der Waals surface area contributed by atoms with E-state index in [1.54, 1.807) is 60.7 Å². The highest BCUT2D eigenvalue weighted by molar-refractivity contribution is 6.03. The second kappa shape index (κ2) is 7.72. The molecule has 4 N–H and O–H groups in total. The van der Waals surface area contributed by atoms with Gasteiger partial charge in [0.2, 0.25) is 0 Å². The molecule has 2 atom stereocenters. The summed E-state index contributed by atoms with van der Waals surface area (Å²) < 4.78 is 4.96. The van der Waals surface area contributed by atoms with Crippen LogP contribution in [-0.2, 0) is 27.4 Å². The maximum absolute atomic E-state index is 12.2. The second-order valence-corrected chi connectivity index (χ2v) is 5.43. The Bertz CT molecular complexity index is 689. The first-order valence-electron chi connectivity index (χ1n) is 7.41. The number of carbonyl (C=O) groups excluding carboxylic acids is 1. The molecule has 6 heteroatoms. The van der Waals surface area contributed by atoms with Crippen LogP contribution >= 0.6 is 0 Å². The number of ether oxygens (including phenoxy) is 1. The Morgan fingerprint density at radius 2 is 1.50 bits per heavy atom. The van der Waals surface area contributed by atoms with E-state index in [4.69, 9.17) is 10.5 Å². The van der Waals surface area contributed by atoms with Gasteiger partial charge < -0.3 is 20.7 Å². The third-order valence-electron chi connectivity index (χ3n) is 3.69. The molecule has 0 saturated carbocycles. The van der Waals surface area contributed by atoms with Crippen molar-refractivity contribution in [3.8, 4) is 0 Å². The number of aliphatic carboxylic acids is 1. The molecular weight excluding hydrogens is 310 g/mol. The van der Waals surface area contributed by atoms with Crippen LogP contribution in [0.15, 0.2) is 60.7 Å². The minimum atomic E-state index is -2.81. The van der Waals surface area contributed by atoms with Gasteiger partial charge in [-0.1, -0.05) is 60.7 Å².